The van der Waals surface area contributed by atoms with Gasteiger partial charge in [0.05, 0.1) is 6.54 Å². The van der Waals surface area contributed by atoms with Gasteiger partial charge in [-0.15, -0.1) is 0 Å². The maximum Gasteiger partial charge on any atom is 0.181 e. The Labute approximate surface area is 127 Å². The molecule has 22 heavy (non-hydrogen) atoms. The lowest BCUT2D eigenvalue weighted by atomic mass is 10.1. The van der Waals surface area contributed by atoms with Crippen LogP contribution >= 0.6 is 0 Å². The first-order chi connectivity index (χ1) is 10.7. The fourth-order valence-electron chi connectivity index (χ4n) is 2.39. The molecule has 110 valence electrons. The van der Waals surface area contributed by atoms with Crippen LogP contribution in [0.3, 0.4) is 0 Å². The van der Waals surface area contributed by atoms with Gasteiger partial charge in [0.1, 0.15) is 0 Å². The summed E-state index contributed by atoms with van der Waals surface area (Å²) >= 11 is 0. The van der Waals surface area contributed by atoms with Gasteiger partial charge in [-0.3, -0.25) is 4.79 Å². The van der Waals surface area contributed by atoms with Gasteiger partial charge in [0.25, 0.3) is 0 Å². The van der Waals surface area contributed by atoms with E-state index in [-0.39, 0.29) is 23.8 Å². The Morgan fingerprint density at radius 3 is 2.27 bits per heavy atom. The number of anilines is 1. The average molecular weight is 293 g/mol. The molecule has 3 rings (SSSR count). The number of benzene rings is 3. The second kappa shape index (κ2) is 5.77. The Balaban J connectivity index is 1.89. The number of ketones is 1. The fraction of sp³-hybridized carbons (Fsp3) is 0.0556. The van der Waals surface area contributed by atoms with Crippen LogP contribution in [-0.4, -0.2) is 22.5 Å². The highest BCUT2D eigenvalue weighted by atomic mass is 16.3. The second-order valence-corrected chi connectivity index (χ2v) is 4.98. The number of fused-ring (bicyclic) bond motifs is 1. The third-order valence-electron chi connectivity index (χ3n) is 3.53. The number of phenolic OH excluding ortho intramolecular Hbond substituents is 2. The van der Waals surface area contributed by atoms with Crippen molar-refractivity contribution in [1.29, 1.82) is 0 Å². The summed E-state index contributed by atoms with van der Waals surface area (Å²) in [5, 5.41) is 24.0. The smallest absolute Gasteiger partial charge is 0.181 e. The predicted molar refractivity (Wildman–Crippen MR) is 86.5 cm³/mol. The van der Waals surface area contributed by atoms with E-state index in [9.17, 15) is 15.0 Å². The van der Waals surface area contributed by atoms with Gasteiger partial charge >= 0.3 is 0 Å². The Morgan fingerprint density at radius 1 is 0.909 bits per heavy atom. The molecule has 3 aromatic rings. The van der Waals surface area contributed by atoms with E-state index in [2.05, 4.69) is 5.32 Å². The monoisotopic (exact) mass is 293 g/mol. The minimum atomic E-state index is -0.214. The van der Waals surface area contributed by atoms with Crippen LogP contribution in [-0.2, 0) is 0 Å². The maximum atomic E-state index is 12.1. The van der Waals surface area contributed by atoms with Gasteiger partial charge in [0.2, 0.25) is 0 Å². The summed E-state index contributed by atoms with van der Waals surface area (Å²) < 4.78 is 0. The molecular weight excluding hydrogens is 278 g/mol. The molecule has 0 atom stereocenters. The number of carbonyl (C=O) groups excluding carboxylic acids is 1. The molecule has 0 aromatic heterocycles. The van der Waals surface area contributed by atoms with Crippen molar-refractivity contribution < 1.29 is 15.0 Å². The Morgan fingerprint density at radius 2 is 1.55 bits per heavy atom. The number of phenols is 2. The molecule has 0 saturated carbocycles. The van der Waals surface area contributed by atoms with Crippen molar-refractivity contribution in [3.63, 3.8) is 0 Å². The lowest BCUT2D eigenvalue weighted by molar-refractivity contribution is 0.101. The summed E-state index contributed by atoms with van der Waals surface area (Å²) in [6.07, 6.45) is 0. The number of aromatic hydroxyl groups is 2. The van der Waals surface area contributed by atoms with Crippen LogP contribution in [0.1, 0.15) is 10.4 Å². The first-order valence-electron chi connectivity index (χ1n) is 6.92. The standard InChI is InChI=1S/C18H15NO3/c20-16-10-15(13-8-4-5-9-14(13)18(16)22)19-11-17(21)12-6-2-1-3-7-12/h1-10,19-20,22H,11H2. The van der Waals surface area contributed by atoms with Crippen LogP contribution in [0.5, 0.6) is 11.5 Å². The van der Waals surface area contributed by atoms with E-state index < -0.39 is 0 Å². The summed E-state index contributed by atoms with van der Waals surface area (Å²) in [4.78, 5) is 12.1. The first-order valence-corrected chi connectivity index (χ1v) is 6.92. The van der Waals surface area contributed by atoms with Crippen LogP contribution in [0.15, 0.2) is 60.7 Å². The molecule has 3 aromatic carbocycles. The number of hydrogen-bond donors (Lipinski definition) is 3. The molecular formula is C18H15NO3. The molecule has 0 fully saturated rings. The molecule has 0 radical (unpaired) electrons. The minimum absolute atomic E-state index is 0.0442. The average Bonchev–Trinajstić information content (AvgIpc) is 2.57. The lowest BCUT2D eigenvalue weighted by Crippen LogP contribution is -2.14. The van der Waals surface area contributed by atoms with Crippen molar-refractivity contribution in [2.75, 3.05) is 11.9 Å². The molecule has 0 unspecified atom stereocenters. The third-order valence-corrected chi connectivity index (χ3v) is 3.53. The number of hydrogen-bond acceptors (Lipinski definition) is 4. The van der Waals surface area contributed by atoms with Gasteiger partial charge < -0.3 is 15.5 Å². The van der Waals surface area contributed by atoms with E-state index in [0.29, 0.717) is 16.6 Å². The zero-order valence-electron chi connectivity index (χ0n) is 11.8. The van der Waals surface area contributed by atoms with Crippen molar-refractivity contribution in [3.8, 4) is 11.5 Å². The molecule has 4 nitrogen and oxygen atoms in total. The number of rotatable bonds is 4. The highest BCUT2D eigenvalue weighted by Crippen LogP contribution is 2.38. The van der Waals surface area contributed by atoms with Gasteiger partial charge in [-0.2, -0.15) is 0 Å². The van der Waals surface area contributed by atoms with E-state index in [0.717, 1.165) is 5.39 Å². The highest BCUT2D eigenvalue weighted by molar-refractivity contribution is 6.03. The molecule has 0 aliphatic heterocycles. The number of Topliss-reactive ketones (excluding diaryl/α,β-unsaturated/α-hetero) is 1. The SMILES string of the molecule is O=C(CNc1cc(O)c(O)c2ccccc12)c1ccccc1. The second-order valence-electron chi connectivity index (χ2n) is 4.98. The minimum Gasteiger partial charge on any atom is -0.504 e. The quantitative estimate of drug-likeness (QED) is 0.391. The fourth-order valence-corrected chi connectivity index (χ4v) is 2.39. The topological polar surface area (TPSA) is 69.6 Å². The Bertz CT molecular complexity index is 828. The number of nitrogens with one attached hydrogen (secondary N) is 1. The van der Waals surface area contributed by atoms with Gasteiger partial charge in [0, 0.05) is 28.1 Å². The summed E-state index contributed by atoms with van der Waals surface area (Å²) in [5.41, 5.74) is 1.23. The van der Waals surface area contributed by atoms with Crippen LogP contribution in [0.25, 0.3) is 10.8 Å². The van der Waals surface area contributed by atoms with Crippen molar-refractivity contribution in [3.05, 3.63) is 66.2 Å². The summed E-state index contributed by atoms with van der Waals surface area (Å²) in [6.45, 7) is 0.109. The van der Waals surface area contributed by atoms with Crippen molar-refractivity contribution in [1.82, 2.24) is 0 Å². The van der Waals surface area contributed by atoms with Gasteiger partial charge in [0.15, 0.2) is 17.3 Å². The molecule has 0 amide bonds. The molecule has 0 aliphatic carbocycles. The molecule has 0 spiro atoms. The normalized spacial score (nSPS) is 10.5. The van der Waals surface area contributed by atoms with Crippen molar-refractivity contribution >= 4 is 22.2 Å². The molecule has 0 aliphatic rings. The Hall–Kier alpha value is -3.01. The van der Waals surface area contributed by atoms with E-state index in [1.807, 2.05) is 30.3 Å². The van der Waals surface area contributed by atoms with E-state index in [1.54, 1.807) is 24.3 Å². The van der Waals surface area contributed by atoms with Crippen LogP contribution in [0.2, 0.25) is 0 Å². The zero-order valence-corrected chi connectivity index (χ0v) is 11.8. The highest BCUT2D eigenvalue weighted by Gasteiger charge is 2.11. The Kier molecular flexibility index (Phi) is 3.66. The predicted octanol–water partition coefficient (Wildman–Crippen LogP) is 3.55. The van der Waals surface area contributed by atoms with Crippen LogP contribution in [0, 0.1) is 0 Å². The van der Waals surface area contributed by atoms with E-state index in [4.69, 9.17) is 0 Å². The summed E-state index contributed by atoms with van der Waals surface area (Å²) in [6, 6.07) is 17.6. The van der Waals surface area contributed by atoms with Gasteiger partial charge in [-0.05, 0) is 0 Å². The summed E-state index contributed by atoms with van der Waals surface area (Å²) in [5.74, 6) is -0.416. The maximum absolute atomic E-state index is 12.1. The lowest BCUT2D eigenvalue weighted by Gasteiger charge is -2.12. The van der Waals surface area contributed by atoms with Crippen LogP contribution < -0.4 is 5.32 Å². The van der Waals surface area contributed by atoms with Crippen LogP contribution in [0.4, 0.5) is 5.69 Å². The molecule has 3 N–H and O–H groups in total. The van der Waals surface area contributed by atoms with E-state index >= 15 is 0 Å². The van der Waals surface area contributed by atoms with Crippen molar-refractivity contribution in [2.24, 2.45) is 0 Å². The molecule has 4 heteroatoms. The van der Waals surface area contributed by atoms with Gasteiger partial charge in [-0.25, -0.2) is 0 Å². The summed E-state index contributed by atoms with van der Waals surface area (Å²) in [7, 11) is 0. The van der Waals surface area contributed by atoms with E-state index in [1.165, 1.54) is 6.07 Å². The zero-order chi connectivity index (χ0) is 15.5. The molecule has 0 saturated heterocycles. The number of carbonyl (C=O) groups is 1. The molecule has 0 bridgehead atoms. The molecule has 0 heterocycles. The van der Waals surface area contributed by atoms with Gasteiger partial charge in [-0.1, -0.05) is 54.6 Å². The largest absolute Gasteiger partial charge is 0.504 e. The van der Waals surface area contributed by atoms with Crippen molar-refractivity contribution in [2.45, 2.75) is 0 Å². The third kappa shape index (κ3) is 2.59. The first kappa shape index (κ1) is 13.9.